The zero-order valence-corrected chi connectivity index (χ0v) is 7.45. The molecule has 0 spiro atoms. The molecule has 0 aromatic heterocycles. The van der Waals surface area contributed by atoms with E-state index in [2.05, 4.69) is 0 Å². The molecule has 0 fully saturated rings. The molecule has 0 aromatic carbocycles. The van der Waals surface area contributed by atoms with Gasteiger partial charge in [-0.2, -0.15) is 13.2 Å². The first-order valence-electron chi connectivity index (χ1n) is 3.96. The standard InChI is InChI=1S/C8H14F4/c1-5(2)4-7(9)6(3)8(10,11)12/h5-7H,4H2,1-3H3. The molecular weight excluding hydrogens is 172 g/mol. The lowest BCUT2D eigenvalue weighted by molar-refractivity contribution is -0.186. The van der Waals surface area contributed by atoms with Crippen LogP contribution < -0.4 is 0 Å². The van der Waals surface area contributed by atoms with Crippen LogP contribution in [0.1, 0.15) is 27.2 Å². The monoisotopic (exact) mass is 186 g/mol. The Bertz CT molecular complexity index is 128. The lowest BCUT2D eigenvalue weighted by atomic mass is 9.97. The van der Waals surface area contributed by atoms with Crippen LogP contribution >= 0.6 is 0 Å². The van der Waals surface area contributed by atoms with E-state index in [0.29, 0.717) is 0 Å². The summed E-state index contributed by atoms with van der Waals surface area (Å²) in [6, 6.07) is 0. The van der Waals surface area contributed by atoms with Crippen LogP contribution in [-0.2, 0) is 0 Å². The van der Waals surface area contributed by atoms with Crippen molar-refractivity contribution < 1.29 is 17.6 Å². The summed E-state index contributed by atoms with van der Waals surface area (Å²) >= 11 is 0. The summed E-state index contributed by atoms with van der Waals surface area (Å²) < 4.78 is 48.6. The van der Waals surface area contributed by atoms with Crippen molar-refractivity contribution in [1.82, 2.24) is 0 Å². The molecule has 2 unspecified atom stereocenters. The van der Waals surface area contributed by atoms with Gasteiger partial charge < -0.3 is 0 Å². The molecule has 0 heterocycles. The number of alkyl halides is 4. The minimum absolute atomic E-state index is 0.0271. The molecule has 0 aromatic rings. The summed E-state index contributed by atoms with van der Waals surface area (Å²) in [5, 5.41) is 0. The van der Waals surface area contributed by atoms with Gasteiger partial charge in [-0.3, -0.25) is 0 Å². The zero-order chi connectivity index (χ0) is 9.94. The van der Waals surface area contributed by atoms with Gasteiger partial charge in [0.2, 0.25) is 0 Å². The first-order chi connectivity index (χ1) is 5.25. The summed E-state index contributed by atoms with van der Waals surface area (Å²) in [4.78, 5) is 0. The Labute approximate surface area is 70.0 Å². The van der Waals surface area contributed by atoms with E-state index < -0.39 is 18.3 Å². The van der Waals surface area contributed by atoms with Gasteiger partial charge in [0, 0.05) is 0 Å². The number of hydrogen-bond acceptors (Lipinski definition) is 0. The van der Waals surface area contributed by atoms with Crippen molar-refractivity contribution >= 4 is 0 Å². The molecule has 0 nitrogen and oxygen atoms in total. The van der Waals surface area contributed by atoms with Crippen LogP contribution in [0, 0.1) is 11.8 Å². The summed E-state index contributed by atoms with van der Waals surface area (Å²) in [5.74, 6) is -1.88. The van der Waals surface area contributed by atoms with Gasteiger partial charge in [0.05, 0.1) is 5.92 Å². The molecule has 0 aliphatic carbocycles. The summed E-state index contributed by atoms with van der Waals surface area (Å²) in [7, 11) is 0. The lowest BCUT2D eigenvalue weighted by Crippen LogP contribution is -2.29. The molecule has 0 amide bonds. The number of rotatable bonds is 3. The average molecular weight is 186 g/mol. The Morgan fingerprint density at radius 1 is 1.08 bits per heavy atom. The van der Waals surface area contributed by atoms with Crippen LogP contribution in [0.25, 0.3) is 0 Å². The van der Waals surface area contributed by atoms with E-state index in [1.807, 2.05) is 0 Å². The highest BCUT2D eigenvalue weighted by molar-refractivity contribution is 4.72. The van der Waals surface area contributed by atoms with Gasteiger partial charge in [0.25, 0.3) is 0 Å². The predicted molar refractivity (Wildman–Crippen MR) is 39.6 cm³/mol. The van der Waals surface area contributed by atoms with E-state index in [4.69, 9.17) is 0 Å². The van der Waals surface area contributed by atoms with E-state index in [1.165, 1.54) is 0 Å². The molecule has 74 valence electrons. The molecule has 2 atom stereocenters. The normalized spacial score (nSPS) is 18.0. The highest BCUT2D eigenvalue weighted by Gasteiger charge is 2.41. The Hall–Kier alpha value is -0.280. The molecule has 0 saturated heterocycles. The molecule has 0 saturated carbocycles. The first kappa shape index (κ1) is 11.7. The summed E-state index contributed by atoms with van der Waals surface area (Å²) in [5.41, 5.74) is 0. The zero-order valence-electron chi connectivity index (χ0n) is 7.45. The fraction of sp³-hybridized carbons (Fsp3) is 1.00. The van der Waals surface area contributed by atoms with Gasteiger partial charge in [0.1, 0.15) is 6.17 Å². The largest absolute Gasteiger partial charge is 0.394 e. The van der Waals surface area contributed by atoms with Gasteiger partial charge in [0.15, 0.2) is 0 Å². The average Bonchev–Trinajstić information content (AvgIpc) is 1.82. The quantitative estimate of drug-likeness (QED) is 0.591. The first-order valence-corrected chi connectivity index (χ1v) is 3.96. The minimum Gasteiger partial charge on any atom is -0.247 e. The van der Waals surface area contributed by atoms with Gasteiger partial charge in [-0.05, 0) is 12.3 Å². The summed E-state index contributed by atoms with van der Waals surface area (Å²) in [6.45, 7) is 4.29. The van der Waals surface area contributed by atoms with E-state index in [9.17, 15) is 17.6 Å². The van der Waals surface area contributed by atoms with Crippen molar-refractivity contribution in [2.24, 2.45) is 11.8 Å². The fourth-order valence-electron chi connectivity index (χ4n) is 0.860. The Morgan fingerprint density at radius 3 is 1.75 bits per heavy atom. The maximum absolute atomic E-state index is 12.8. The van der Waals surface area contributed by atoms with Crippen LogP contribution in [0.2, 0.25) is 0 Å². The predicted octanol–water partition coefficient (Wildman–Crippen LogP) is 3.57. The molecule has 0 rings (SSSR count). The van der Waals surface area contributed by atoms with Crippen molar-refractivity contribution in [3.63, 3.8) is 0 Å². The SMILES string of the molecule is CC(C)CC(F)C(C)C(F)(F)F. The smallest absolute Gasteiger partial charge is 0.247 e. The Morgan fingerprint density at radius 2 is 1.50 bits per heavy atom. The van der Waals surface area contributed by atoms with Gasteiger partial charge in [-0.1, -0.05) is 20.8 Å². The van der Waals surface area contributed by atoms with E-state index in [0.717, 1.165) is 6.92 Å². The van der Waals surface area contributed by atoms with Crippen molar-refractivity contribution in [1.29, 1.82) is 0 Å². The van der Waals surface area contributed by atoms with E-state index in [1.54, 1.807) is 13.8 Å². The van der Waals surface area contributed by atoms with Crippen LogP contribution in [0.15, 0.2) is 0 Å². The molecule has 12 heavy (non-hydrogen) atoms. The van der Waals surface area contributed by atoms with Gasteiger partial charge >= 0.3 is 6.18 Å². The lowest BCUT2D eigenvalue weighted by Gasteiger charge is -2.20. The second kappa shape index (κ2) is 4.10. The van der Waals surface area contributed by atoms with Gasteiger partial charge in [-0.15, -0.1) is 0 Å². The maximum atomic E-state index is 12.8. The fourth-order valence-corrected chi connectivity index (χ4v) is 0.860. The Balaban J connectivity index is 4.01. The molecule has 0 aliphatic rings. The third-order valence-corrected chi connectivity index (χ3v) is 1.76. The third-order valence-electron chi connectivity index (χ3n) is 1.76. The molecule has 0 radical (unpaired) electrons. The molecule has 0 aliphatic heterocycles. The second-order valence-electron chi connectivity index (χ2n) is 3.48. The maximum Gasteiger partial charge on any atom is 0.394 e. The van der Waals surface area contributed by atoms with E-state index in [-0.39, 0.29) is 12.3 Å². The van der Waals surface area contributed by atoms with Crippen LogP contribution in [0.3, 0.4) is 0 Å². The van der Waals surface area contributed by atoms with E-state index >= 15 is 0 Å². The van der Waals surface area contributed by atoms with Crippen molar-refractivity contribution in [2.75, 3.05) is 0 Å². The highest BCUT2D eigenvalue weighted by atomic mass is 19.4. The Kier molecular flexibility index (Phi) is 4.00. The number of hydrogen-bond donors (Lipinski definition) is 0. The van der Waals surface area contributed by atoms with Crippen LogP contribution in [-0.4, -0.2) is 12.3 Å². The van der Waals surface area contributed by atoms with Crippen molar-refractivity contribution in [3.05, 3.63) is 0 Å². The third kappa shape index (κ3) is 3.93. The molecule has 0 N–H and O–H groups in total. The van der Waals surface area contributed by atoms with Crippen LogP contribution in [0.4, 0.5) is 17.6 Å². The molecular formula is C8H14F4. The van der Waals surface area contributed by atoms with Crippen LogP contribution in [0.5, 0.6) is 0 Å². The highest BCUT2D eigenvalue weighted by Crippen LogP contribution is 2.32. The van der Waals surface area contributed by atoms with Crippen molar-refractivity contribution in [3.8, 4) is 0 Å². The molecule has 4 heteroatoms. The van der Waals surface area contributed by atoms with Crippen molar-refractivity contribution in [2.45, 2.75) is 39.5 Å². The minimum atomic E-state index is -4.41. The number of halogens is 4. The second-order valence-corrected chi connectivity index (χ2v) is 3.48. The molecule has 0 bridgehead atoms. The summed E-state index contributed by atoms with van der Waals surface area (Å²) in [6.07, 6.45) is -6.21. The van der Waals surface area contributed by atoms with Gasteiger partial charge in [-0.25, -0.2) is 4.39 Å². The topological polar surface area (TPSA) is 0 Å².